The van der Waals surface area contributed by atoms with Gasteiger partial charge in [0.05, 0.1) is 6.10 Å². The van der Waals surface area contributed by atoms with Crippen molar-refractivity contribution in [2.45, 2.75) is 32.8 Å². The van der Waals surface area contributed by atoms with Gasteiger partial charge in [-0.25, -0.2) is 0 Å². The number of aryl methyl sites for hydroxylation is 1. The minimum atomic E-state index is -0.446. The van der Waals surface area contributed by atoms with Crippen LogP contribution in [0.2, 0.25) is 0 Å². The van der Waals surface area contributed by atoms with Gasteiger partial charge in [0, 0.05) is 10.4 Å². The first-order valence-corrected chi connectivity index (χ1v) is 6.53. The number of rotatable bonds is 5. The fourth-order valence-corrected chi connectivity index (χ4v) is 2.48. The molecule has 0 heterocycles. The van der Waals surface area contributed by atoms with Crippen molar-refractivity contribution in [3.8, 4) is 0 Å². The minimum absolute atomic E-state index is 0.157. The number of aliphatic hydroxyl groups excluding tert-OH is 1. The molecule has 0 fully saturated rings. The molecule has 0 radical (unpaired) electrons. The van der Waals surface area contributed by atoms with Crippen molar-refractivity contribution in [1.29, 1.82) is 0 Å². The summed E-state index contributed by atoms with van der Waals surface area (Å²) in [5.41, 5.74) is 7.81. The van der Waals surface area contributed by atoms with Crippen LogP contribution in [0.3, 0.4) is 0 Å². The van der Waals surface area contributed by atoms with Crippen molar-refractivity contribution in [3.63, 3.8) is 0 Å². The first-order valence-electron chi connectivity index (χ1n) is 5.74. The van der Waals surface area contributed by atoms with Gasteiger partial charge in [-0.1, -0.05) is 35.3 Å². The molecule has 0 aliphatic carbocycles. The van der Waals surface area contributed by atoms with Crippen molar-refractivity contribution in [3.05, 3.63) is 33.8 Å². The van der Waals surface area contributed by atoms with Gasteiger partial charge in [0.1, 0.15) is 0 Å². The Morgan fingerprint density at radius 3 is 2.62 bits per heavy atom. The van der Waals surface area contributed by atoms with E-state index in [1.165, 1.54) is 0 Å². The predicted molar refractivity (Wildman–Crippen MR) is 71.3 cm³/mol. The molecule has 1 rings (SSSR count). The van der Waals surface area contributed by atoms with Crippen LogP contribution < -0.4 is 5.73 Å². The Balaban J connectivity index is 2.89. The third-order valence-electron chi connectivity index (χ3n) is 2.96. The van der Waals surface area contributed by atoms with Gasteiger partial charge < -0.3 is 10.8 Å². The lowest BCUT2D eigenvalue weighted by atomic mass is 9.90. The van der Waals surface area contributed by atoms with E-state index in [-0.39, 0.29) is 5.92 Å². The van der Waals surface area contributed by atoms with Gasteiger partial charge in [0.25, 0.3) is 0 Å². The van der Waals surface area contributed by atoms with Gasteiger partial charge in [-0.15, -0.1) is 0 Å². The van der Waals surface area contributed by atoms with Crippen molar-refractivity contribution in [2.75, 3.05) is 6.54 Å². The van der Waals surface area contributed by atoms with Crippen molar-refractivity contribution < 1.29 is 5.11 Å². The maximum atomic E-state index is 10.3. The molecule has 0 aromatic heterocycles. The van der Waals surface area contributed by atoms with E-state index >= 15 is 0 Å². The third kappa shape index (κ3) is 3.30. The van der Waals surface area contributed by atoms with Crippen LogP contribution in [0.1, 0.15) is 37.0 Å². The van der Waals surface area contributed by atoms with E-state index in [0.717, 1.165) is 28.4 Å². The van der Waals surface area contributed by atoms with Crippen LogP contribution in [0.25, 0.3) is 0 Å². The van der Waals surface area contributed by atoms with E-state index in [1.807, 2.05) is 25.1 Å². The Morgan fingerprint density at radius 2 is 2.12 bits per heavy atom. The Bertz CT molecular complexity index is 341. The summed E-state index contributed by atoms with van der Waals surface area (Å²) in [4.78, 5) is 0. The van der Waals surface area contributed by atoms with Crippen LogP contribution >= 0.6 is 15.9 Å². The topological polar surface area (TPSA) is 46.2 Å². The molecule has 2 nitrogen and oxygen atoms in total. The zero-order valence-corrected chi connectivity index (χ0v) is 11.5. The molecular formula is C13H20BrNO. The molecule has 90 valence electrons. The monoisotopic (exact) mass is 285 g/mol. The summed E-state index contributed by atoms with van der Waals surface area (Å²) in [5.74, 6) is 0.157. The lowest BCUT2D eigenvalue weighted by Crippen LogP contribution is -2.22. The molecule has 16 heavy (non-hydrogen) atoms. The fourth-order valence-electron chi connectivity index (χ4n) is 2.00. The van der Waals surface area contributed by atoms with Crippen molar-refractivity contribution in [2.24, 2.45) is 11.7 Å². The summed E-state index contributed by atoms with van der Waals surface area (Å²) >= 11 is 3.42. The second-order valence-electron chi connectivity index (χ2n) is 4.23. The Kier molecular flexibility index (Phi) is 5.46. The summed E-state index contributed by atoms with van der Waals surface area (Å²) in [5, 5.41) is 10.3. The van der Waals surface area contributed by atoms with Crippen LogP contribution in [0.4, 0.5) is 0 Å². The van der Waals surface area contributed by atoms with E-state index in [0.29, 0.717) is 6.54 Å². The maximum absolute atomic E-state index is 10.3. The molecule has 0 amide bonds. The normalized spacial score (nSPS) is 14.8. The summed E-state index contributed by atoms with van der Waals surface area (Å²) in [6, 6.07) is 5.96. The average molecular weight is 286 g/mol. The summed E-state index contributed by atoms with van der Waals surface area (Å²) in [6.07, 6.45) is 1.57. The maximum Gasteiger partial charge on any atom is 0.0832 e. The summed E-state index contributed by atoms with van der Waals surface area (Å²) in [7, 11) is 0. The second kappa shape index (κ2) is 6.38. The smallest absolute Gasteiger partial charge is 0.0832 e. The van der Waals surface area contributed by atoms with Crippen LogP contribution in [0, 0.1) is 12.8 Å². The molecule has 3 heteroatoms. The van der Waals surface area contributed by atoms with Gasteiger partial charge in [-0.3, -0.25) is 0 Å². The number of hydrogen-bond donors (Lipinski definition) is 2. The number of aliphatic hydroxyl groups is 1. The predicted octanol–water partition coefficient (Wildman–Crippen LogP) is 3.17. The van der Waals surface area contributed by atoms with Gasteiger partial charge in [0.15, 0.2) is 0 Å². The summed E-state index contributed by atoms with van der Waals surface area (Å²) < 4.78 is 1.04. The van der Waals surface area contributed by atoms with E-state index in [2.05, 4.69) is 22.9 Å². The van der Waals surface area contributed by atoms with E-state index in [9.17, 15) is 5.11 Å². The molecule has 0 saturated carbocycles. The third-order valence-corrected chi connectivity index (χ3v) is 3.45. The van der Waals surface area contributed by atoms with Crippen LogP contribution in [0.5, 0.6) is 0 Å². The lowest BCUT2D eigenvalue weighted by molar-refractivity contribution is 0.106. The zero-order valence-electron chi connectivity index (χ0n) is 9.91. The first-order chi connectivity index (χ1) is 7.60. The highest BCUT2D eigenvalue weighted by Crippen LogP contribution is 2.28. The first kappa shape index (κ1) is 13.7. The number of nitrogens with two attached hydrogens (primary N) is 1. The number of benzene rings is 1. The second-order valence-corrected chi connectivity index (χ2v) is 5.15. The van der Waals surface area contributed by atoms with Gasteiger partial charge >= 0.3 is 0 Å². The molecule has 0 aliphatic heterocycles. The Labute approximate surface area is 106 Å². The molecular weight excluding hydrogens is 266 g/mol. The molecule has 1 aromatic carbocycles. The largest absolute Gasteiger partial charge is 0.388 e. The lowest BCUT2D eigenvalue weighted by Gasteiger charge is -2.22. The van der Waals surface area contributed by atoms with E-state index in [1.54, 1.807) is 0 Å². The number of halogens is 1. The van der Waals surface area contributed by atoms with Crippen LogP contribution in [-0.2, 0) is 0 Å². The molecule has 0 saturated heterocycles. The minimum Gasteiger partial charge on any atom is -0.388 e. The molecule has 2 atom stereocenters. The highest BCUT2D eigenvalue weighted by atomic mass is 79.9. The Morgan fingerprint density at radius 1 is 1.44 bits per heavy atom. The van der Waals surface area contributed by atoms with Crippen molar-refractivity contribution in [1.82, 2.24) is 0 Å². The number of hydrogen-bond acceptors (Lipinski definition) is 2. The highest BCUT2D eigenvalue weighted by Gasteiger charge is 2.20. The molecule has 0 bridgehead atoms. The van der Waals surface area contributed by atoms with Crippen LogP contribution in [-0.4, -0.2) is 11.7 Å². The van der Waals surface area contributed by atoms with Crippen LogP contribution in [0.15, 0.2) is 22.7 Å². The van der Waals surface area contributed by atoms with Gasteiger partial charge in [-0.05, 0) is 43.1 Å². The van der Waals surface area contributed by atoms with Crippen molar-refractivity contribution >= 4 is 15.9 Å². The molecule has 1 aromatic rings. The molecule has 3 N–H and O–H groups in total. The molecule has 2 unspecified atom stereocenters. The molecule has 0 spiro atoms. The molecule has 0 aliphatic rings. The highest BCUT2D eigenvalue weighted by molar-refractivity contribution is 9.10. The summed E-state index contributed by atoms with van der Waals surface area (Å²) in [6.45, 7) is 4.66. The zero-order chi connectivity index (χ0) is 12.1. The van der Waals surface area contributed by atoms with Gasteiger partial charge in [-0.2, -0.15) is 0 Å². The van der Waals surface area contributed by atoms with E-state index in [4.69, 9.17) is 5.73 Å². The average Bonchev–Trinajstić information content (AvgIpc) is 2.25. The standard InChI is InChI=1S/C13H20BrNO/c1-3-4-10(8-15)13(16)12-6-5-11(14)7-9(12)2/h5-7,10,13,16H,3-4,8,15H2,1-2H3. The van der Waals surface area contributed by atoms with Gasteiger partial charge in [0.2, 0.25) is 0 Å². The van der Waals surface area contributed by atoms with E-state index < -0.39 is 6.10 Å². The quantitative estimate of drug-likeness (QED) is 0.873. The fraction of sp³-hybridized carbons (Fsp3) is 0.538. The Hall–Kier alpha value is -0.380. The SMILES string of the molecule is CCCC(CN)C(O)c1ccc(Br)cc1C.